The maximum absolute atomic E-state index is 12.3. The molecule has 2 heterocycles. The summed E-state index contributed by atoms with van der Waals surface area (Å²) in [6.07, 6.45) is 5.25. The van der Waals surface area contributed by atoms with Gasteiger partial charge in [0, 0.05) is 39.0 Å². The van der Waals surface area contributed by atoms with E-state index in [-0.39, 0.29) is 24.0 Å². The molecule has 2 amide bonds. The minimum Gasteiger partial charge on any atom is -0.372 e. The van der Waals surface area contributed by atoms with Crippen LogP contribution in [0.1, 0.15) is 59.8 Å². The van der Waals surface area contributed by atoms with E-state index >= 15 is 0 Å². The fourth-order valence-electron chi connectivity index (χ4n) is 3.69. The van der Waals surface area contributed by atoms with E-state index in [4.69, 9.17) is 4.74 Å². The average Bonchev–Trinajstić information content (AvgIpc) is 2.67. The number of hydrogen-bond acceptors (Lipinski definition) is 5. The maximum Gasteiger partial charge on any atom is 0.224 e. The first-order valence-corrected chi connectivity index (χ1v) is 10.9. The third-order valence-electron chi connectivity index (χ3n) is 4.91. The van der Waals surface area contributed by atoms with Gasteiger partial charge in [0.2, 0.25) is 11.8 Å². The summed E-state index contributed by atoms with van der Waals surface area (Å²) in [5.74, 6) is 0.947. The number of hydrogen-bond donors (Lipinski definition) is 1. The molecule has 29 heavy (non-hydrogen) atoms. The van der Waals surface area contributed by atoms with E-state index in [1.54, 1.807) is 6.20 Å². The van der Waals surface area contributed by atoms with Crippen molar-refractivity contribution >= 4 is 23.3 Å². The van der Waals surface area contributed by atoms with Crippen molar-refractivity contribution in [3.63, 3.8) is 0 Å². The molecule has 0 aromatic carbocycles. The molecule has 1 aliphatic heterocycles. The minimum absolute atomic E-state index is 0.0847. The fourth-order valence-corrected chi connectivity index (χ4v) is 3.69. The first kappa shape index (κ1) is 23.1. The molecule has 2 unspecified atom stereocenters. The number of carbonyl (C=O) groups is 2. The number of carbonyl (C=O) groups excluding carboxylic acids is 2. The summed E-state index contributed by atoms with van der Waals surface area (Å²) < 4.78 is 5.76. The molecule has 0 aliphatic carbocycles. The second kappa shape index (κ2) is 11.8. The predicted molar refractivity (Wildman–Crippen MR) is 116 cm³/mol. The molecule has 7 heteroatoms. The van der Waals surface area contributed by atoms with Gasteiger partial charge in [0.25, 0.3) is 0 Å². The Balaban J connectivity index is 1.77. The molecule has 1 aromatic heterocycles. The van der Waals surface area contributed by atoms with Crippen molar-refractivity contribution in [1.82, 2.24) is 9.88 Å². The van der Waals surface area contributed by atoms with Crippen LogP contribution in [0.5, 0.6) is 0 Å². The van der Waals surface area contributed by atoms with Crippen molar-refractivity contribution in [3.05, 3.63) is 18.3 Å². The largest absolute Gasteiger partial charge is 0.372 e. The van der Waals surface area contributed by atoms with Crippen molar-refractivity contribution in [2.75, 3.05) is 36.4 Å². The van der Waals surface area contributed by atoms with E-state index in [2.05, 4.69) is 42.9 Å². The van der Waals surface area contributed by atoms with Gasteiger partial charge >= 0.3 is 0 Å². The van der Waals surface area contributed by atoms with E-state index in [0.29, 0.717) is 24.9 Å². The molecule has 1 N–H and O–H groups in total. The van der Waals surface area contributed by atoms with E-state index in [9.17, 15) is 9.59 Å². The van der Waals surface area contributed by atoms with Gasteiger partial charge in [-0.1, -0.05) is 13.8 Å². The number of anilines is 2. The Labute approximate surface area is 174 Å². The van der Waals surface area contributed by atoms with Gasteiger partial charge in [-0.2, -0.15) is 0 Å². The van der Waals surface area contributed by atoms with Gasteiger partial charge in [0.15, 0.2) is 0 Å². The lowest BCUT2D eigenvalue weighted by molar-refractivity contribution is -0.131. The van der Waals surface area contributed by atoms with Gasteiger partial charge in [0.05, 0.1) is 24.1 Å². The number of nitrogens with one attached hydrogen (secondary N) is 1. The molecule has 162 valence electrons. The summed E-state index contributed by atoms with van der Waals surface area (Å²) in [5, 5.41) is 2.87. The number of morpholine rings is 1. The number of amides is 2. The topological polar surface area (TPSA) is 74.8 Å². The summed E-state index contributed by atoms with van der Waals surface area (Å²) in [4.78, 5) is 33.1. The zero-order valence-electron chi connectivity index (χ0n) is 18.3. The Morgan fingerprint density at radius 1 is 1.14 bits per heavy atom. The van der Waals surface area contributed by atoms with Crippen LogP contribution < -0.4 is 10.2 Å². The van der Waals surface area contributed by atoms with Gasteiger partial charge < -0.3 is 19.9 Å². The summed E-state index contributed by atoms with van der Waals surface area (Å²) in [6, 6.07) is 3.80. The monoisotopic (exact) mass is 404 g/mol. The molecule has 1 aromatic rings. The lowest BCUT2D eigenvalue weighted by Crippen LogP contribution is -2.45. The van der Waals surface area contributed by atoms with Crippen molar-refractivity contribution < 1.29 is 14.3 Å². The fraction of sp³-hybridized carbons (Fsp3) is 0.682. The average molecular weight is 405 g/mol. The second-order valence-electron chi connectivity index (χ2n) is 7.85. The van der Waals surface area contributed by atoms with E-state index in [1.165, 1.54) is 0 Å². The standard InChI is InChI=1S/C22H36N4O3/c1-5-12-25(13-6-2)22(28)9-7-8-21(27)24-19-10-11-20(23-14-19)26-15-17(3)29-18(4)16-26/h10-11,14,17-18H,5-9,12-13,15-16H2,1-4H3,(H,24,27). The van der Waals surface area contributed by atoms with Crippen LogP contribution in [0.25, 0.3) is 0 Å². The lowest BCUT2D eigenvalue weighted by Gasteiger charge is -2.36. The molecule has 0 spiro atoms. The first-order chi connectivity index (χ1) is 13.9. The number of nitrogens with zero attached hydrogens (tertiary/aromatic N) is 3. The summed E-state index contributed by atoms with van der Waals surface area (Å²) in [7, 11) is 0. The molecule has 0 bridgehead atoms. The summed E-state index contributed by atoms with van der Waals surface area (Å²) in [6.45, 7) is 11.5. The van der Waals surface area contributed by atoms with Crippen LogP contribution in [-0.4, -0.2) is 60.1 Å². The van der Waals surface area contributed by atoms with Crippen LogP contribution in [0, 0.1) is 0 Å². The zero-order chi connectivity index (χ0) is 21.2. The highest BCUT2D eigenvalue weighted by Gasteiger charge is 2.23. The highest BCUT2D eigenvalue weighted by Crippen LogP contribution is 2.19. The van der Waals surface area contributed by atoms with Gasteiger partial charge in [-0.25, -0.2) is 4.98 Å². The van der Waals surface area contributed by atoms with Crippen LogP contribution in [0.2, 0.25) is 0 Å². The molecule has 1 fully saturated rings. The molecule has 2 rings (SSSR count). The van der Waals surface area contributed by atoms with E-state index in [1.807, 2.05) is 17.0 Å². The lowest BCUT2D eigenvalue weighted by atomic mass is 10.2. The Kier molecular flexibility index (Phi) is 9.38. The molecule has 0 saturated carbocycles. The highest BCUT2D eigenvalue weighted by atomic mass is 16.5. The van der Waals surface area contributed by atoms with Crippen LogP contribution in [0.3, 0.4) is 0 Å². The first-order valence-electron chi connectivity index (χ1n) is 10.9. The Hall–Kier alpha value is -2.15. The van der Waals surface area contributed by atoms with Gasteiger partial charge in [-0.05, 0) is 45.2 Å². The third kappa shape index (κ3) is 7.65. The molecular weight excluding hydrogens is 368 g/mol. The molecular formula is C22H36N4O3. The molecule has 2 atom stereocenters. The Morgan fingerprint density at radius 2 is 1.79 bits per heavy atom. The summed E-state index contributed by atoms with van der Waals surface area (Å²) in [5.41, 5.74) is 0.679. The SMILES string of the molecule is CCCN(CCC)C(=O)CCCC(=O)Nc1ccc(N2CC(C)OC(C)C2)nc1. The van der Waals surface area contributed by atoms with Crippen molar-refractivity contribution in [3.8, 4) is 0 Å². The third-order valence-corrected chi connectivity index (χ3v) is 4.91. The Morgan fingerprint density at radius 3 is 2.34 bits per heavy atom. The van der Waals surface area contributed by atoms with Crippen LogP contribution in [0.4, 0.5) is 11.5 Å². The molecule has 7 nitrogen and oxygen atoms in total. The smallest absolute Gasteiger partial charge is 0.224 e. The normalized spacial score (nSPS) is 19.1. The number of ether oxygens (including phenoxy) is 1. The zero-order valence-corrected chi connectivity index (χ0v) is 18.3. The molecule has 0 radical (unpaired) electrons. The maximum atomic E-state index is 12.3. The van der Waals surface area contributed by atoms with Crippen molar-refractivity contribution in [2.45, 2.75) is 72.0 Å². The number of aromatic nitrogens is 1. The summed E-state index contributed by atoms with van der Waals surface area (Å²) >= 11 is 0. The van der Waals surface area contributed by atoms with Gasteiger partial charge in [-0.15, -0.1) is 0 Å². The second-order valence-corrected chi connectivity index (χ2v) is 7.85. The van der Waals surface area contributed by atoms with E-state index in [0.717, 1.165) is 44.8 Å². The quantitative estimate of drug-likeness (QED) is 0.646. The van der Waals surface area contributed by atoms with Crippen molar-refractivity contribution in [1.29, 1.82) is 0 Å². The van der Waals surface area contributed by atoms with Crippen LogP contribution in [0.15, 0.2) is 18.3 Å². The molecule has 1 saturated heterocycles. The molecule has 1 aliphatic rings. The predicted octanol–water partition coefficient (Wildman–Crippen LogP) is 3.45. The van der Waals surface area contributed by atoms with E-state index < -0.39 is 0 Å². The highest BCUT2D eigenvalue weighted by molar-refractivity contribution is 5.90. The minimum atomic E-state index is -0.0847. The van der Waals surface area contributed by atoms with Gasteiger partial charge in [-0.3, -0.25) is 9.59 Å². The number of rotatable bonds is 10. The van der Waals surface area contributed by atoms with Crippen LogP contribution in [-0.2, 0) is 14.3 Å². The van der Waals surface area contributed by atoms with Crippen LogP contribution >= 0.6 is 0 Å². The van der Waals surface area contributed by atoms with Gasteiger partial charge in [0.1, 0.15) is 5.82 Å². The Bertz CT molecular complexity index is 634. The van der Waals surface area contributed by atoms with Crippen molar-refractivity contribution in [2.24, 2.45) is 0 Å². The number of pyridine rings is 1.